The molecule has 0 nitrogen and oxygen atoms in total. The van der Waals surface area contributed by atoms with Gasteiger partial charge in [0.2, 0.25) is 0 Å². The number of benzene rings is 1. The molecule has 2 aliphatic rings. The second kappa shape index (κ2) is 5.52. The van der Waals surface area contributed by atoms with Crippen LogP contribution in [0, 0.1) is 0 Å². The van der Waals surface area contributed by atoms with Gasteiger partial charge >= 0.3 is 0 Å². The summed E-state index contributed by atoms with van der Waals surface area (Å²) in [5, 5.41) is 0. The molecule has 0 aromatic heterocycles. The first-order chi connectivity index (χ1) is 9.24. The van der Waals surface area contributed by atoms with Gasteiger partial charge in [-0.2, -0.15) is 0 Å². The molecule has 0 unspecified atom stereocenters. The molecule has 0 atom stereocenters. The van der Waals surface area contributed by atoms with Crippen molar-refractivity contribution in [2.75, 3.05) is 17.8 Å². The molecule has 1 aromatic rings. The van der Waals surface area contributed by atoms with Gasteiger partial charge in [-0.05, 0) is 55.4 Å². The van der Waals surface area contributed by atoms with Crippen LogP contribution in [-0.2, 0) is 6.42 Å². The molecule has 106 valence electrons. The average Bonchev–Trinajstić information content (AvgIpc) is 2.90. The molecule has 0 radical (unpaired) electrons. The maximum atomic E-state index is 2.69. The normalized spacial score (nSPS) is 27.0. The monoisotopic (exact) mass is 276 g/mol. The van der Waals surface area contributed by atoms with Crippen LogP contribution in [0.4, 0.5) is 0 Å². The number of rotatable bonds is 3. The van der Waals surface area contributed by atoms with E-state index in [0.29, 0.717) is 4.75 Å². The topological polar surface area (TPSA) is 0 Å². The number of hydrogen-bond donors (Lipinski definition) is 0. The van der Waals surface area contributed by atoms with E-state index in [1.165, 1.54) is 51.4 Å². The first-order valence-electron chi connectivity index (χ1n) is 8.01. The van der Waals surface area contributed by atoms with Crippen molar-refractivity contribution in [2.45, 2.75) is 56.1 Å². The van der Waals surface area contributed by atoms with Gasteiger partial charge in [0.25, 0.3) is 0 Å². The van der Waals surface area contributed by atoms with Crippen molar-refractivity contribution in [1.82, 2.24) is 0 Å². The third-order valence-corrected chi connectivity index (χ3v) is 10.6. The van der Waals surface area contributed by atoms with E-state index < -0.39 is 0 Å². The highest BCUT2D eigenvalue weighted by molar-refractivity contribution is 8.34. The van der Waals surface area contributed by atoms with E-state index in [0.717, 1.165) is 0 Å². The lowest BCUT2D eigenvalue weighted by Gasteiger charge is -2.54. The third kappa shape index (κ3) is 2.59. The summed E-state index contributed by atoms with van der Waals surface area (Å²) in [5.41, 5.74) is 1.59. The summed E-state index contributed by atoms with van der Waals surface area (Å²) in [4.78, 5) is 0. The SMILES string of the molecule is CS1(C2(Cc3ccccc3)CCCCC2)CCCC1. The van der Waals surface area contributed by atoms with Crippen LogP contribution in [0.3, 0.4) is 0 Å². The summed E-state index contributed by atoms with van der Waals surface area (Å²) in [6.45, 7) is 0. The van der Waals surface area contributed by atoms with Crippen LogP contribution in [0.15, 0.2) is 30.3 Å². The van der Waals surface area contributed by atoms with Crippen LogP contribution in [0.25, 0.3) is 0 Å². The highest BCUT2D eigenvalue weighted by Crippen LogP contribution is 2.66. The van der Waals surface area contributed by atoms with Crippen molar-refractivity contribution in [3.63, 3.8) is 0 Å². The smallest absolute Gasteiger partial charge is 0.00405 e. The Morgan fingerprint density at radius 1 is 0.895 bits per heavy atom. The van der Waals surface area contributed by atoms with Gasteiger partial charge in [0.15, 0.2) is 0 Å². The Hall–Kier alpha value is -0.430. The summed E-state index contributed by atoms with van der Waals surface area (Å²) in [5.74, 6) is 3.11. The minimum Gasteiger partial charge on any atom is -0.238 e. The molecule has 0 spiro atoms. The Morgan fingerprint density at radius 2 is 1.53 bits per heavy atom. The molecule has 0 bridgehead atoms. The predicted octanol–water partition coefficient (Wildman–Crippen LogP) is 5.16. The largest absolute Gasteiger partial charge is 0.238 e. The Labute approximate surface area is 120 Å². The van der Waals surface area contributed by atoms with Gasteiger partial charge in [-0.1, -0.05) is 49.6 Å². The molecule has 19 heavy (non-hydrogen) atoms. The Balaban J connectivity index is 1.88. The lowest BCUT2D eigenvalue weighted by molar-refractivity contribution is 0.390. The Kier molecular flexibility index (Phi) is 3.93. The molecule has 1 aromatic carbocycles. The molecular weight excluding hydrogens is 248 g/mol. The van der Waals surface area contributed by atoms with Crippen molar-refractivity contribution < 1.29 is 0 Å². The Morgan fingerprint density at radius 3 is 2.16 bits per heavy atom. The number of hydrogen-bond acceptors (Lipinski definition) is 0. The predicted molar refractivity (Wildman–Crippen MR) is 88.4 cm³/mol. The van der Waals surface area contributed by atoms with Crippen molar-refractivity contribution in [1.29, 1.82) is 0 Å². The second-order valence-corrected chi connectivity index (χ2v) is 11.0. The zero-order valence-electron chi connectivity index (χ0n) is 12.4. The van der Waals surface area contributed by atoms with Gasteiger partial charge in [-0.15, -0.1) is 0 Å². The highest BCUT2D eigenvalue weighted by Gasteiger charge is 2.45. The highest BCUT2D eigenvalue weighted by atomic mass is 32.3. The van der Waals surface area contributed by atoms with E-state index in [9.17, 15) is 0 Å². The summed E-state index contributed by atoms with van der Waals surface area (Å²) in [7, 11) is -0.365. The van der Waals surface area contributed by atoms with E-state index in [2.05, 4.69) is 36.6 Å². The van der Waals surface area contributed by atoms with E-state index >= 15 is 0 Å². The molecular formula is C18H28S. The fourth-order valence-corrected chi connectivity index (χ4v) is 8.93. The van der Waals surface area contributed by atoms with E-state index in [-0.39, 0.29) is 10.0 Å². The summed E-state index contributed by atoms with van der Waals surface area (Å²) >= 11 is 0. The van der Waals surface area contributed by atoms with Crippen LogP contribution in [0.2, 0.25) is 0 Å². The molecule has 1 aliphatic carbocycles. The zero-order valence-corrected chi connectivity index (χ0v) is 13.2. The standard InChI is InChI=1S/C18H28S/c1-19(14-8-9-15-19)18(12-6-3-7-13-18)16-17-10-4-2-5-11-17/h2,4-5,10-11H,3,6-9,12-16H2,1H3. The molecule has 1 heterocycles. The molecule has 1 saturated carbocycles. The van der Waals surface area contributed by atoms with Crippen LogP contribution in [0.5, 0.6) is 0 Å². The fourth-order valence-electron chi connectivity index (χ4n) is 4.38. The molecule has 1 aliphatic heterocycles. The van der Waals surface area contributed by atoms with Crippen LogP contribution in [0.1, 0.15) is 50.5 Å². The second-order valence-electron chi connectivity index (χ2n) is 6.80. The first kappa shape index (κ1) is 13.5. The van der Waals surface area contributed by atoms with Crippen molar-refractivity contribution in [3.05, 3.63) is 35.9 Å². The Bertz CT molecular complexity index is 397. The van der Waals surface area contributed by atoms with E-state index in [1.54, 1.807) is 17.1 Å². The van der Waals surface area contributed by atoms with Crippen molar-refractivity contribution in [2.24, 2.45) is 0 Å². The first-order valence-corrected chi connectivity index (χ1v) is 10.4. The maximum Gasteiger partial charge on any atom is 0.00405 e. The molecule has 1 saturated heterocycles. The molecule has 3 rings (SSSR count). The third-order valence-electron chi connectivity index (χ3n) is 5.62. The minimum absolute atomic E-state index is 0.365. The minimum atomic E-state index is -0.365. The van der Waals surface area contributed by atoms with Crippen molar-refractivity contribution >= 4 is 10.0 Å². The molecule has 1 heteroatoms. The van der Waals surface area contributed by atoms with Gasteiger partial charge in [0, 0.05) is 4.75 Å². The van der Waals surface area contributed by atoms with Gasteiger partial charge in [0.05, 0.1) is 0 Å². The summed E-state index contributed by atoms with van der Waals surface area (Å²) in [6, 6.07) is 11.3. The van der Waals surface area contributed by atoms with Crippen LogP contribution in [-0.4, -0.2) is 22.5 Å². The maximum absolute atomic E-state index is 2.69. The van der Waals surface area contributed by atoms with Gasteiger partial charge in [0.1, 0.15) is 0 Å². The van der Waals surface area contributed by atoms with Gasteiger partial charge in [-0.25, -0.2) is 10.0 Å². The zero-order chi connectivity index (χ0) is 13.2. The summed E-state index contributed by atoms with van der Waals surface area (Å²) in [6.07, 6.45) is 14.5. The lowest BCUT2D eigenvalue weighted by atomic mass is 9.84. The molecule has 0 N–H and O–H groups in total. The van der Waals surface area contributed by atoms with Crippen LogP contribution < -0.4 is 0 Å². The lowest BCUT2D eigenvalue weighted by Crippen LogP contribution is -2.40. The van der Waals surface area contributed by atoms with E-state index in [4.69, 9.17) is 0 Å². The van der Waals surface area contributed by atoms with E-state index in [1.807, 2.05) is 0 Å². The van der Waals surface area contributed by atoms with Gasteiger partial charge < -0.3 is 0 Å². The van der Waals surface area contributed by atoms with Crippen molar-refractivity contribution in [3.8, 4) is 0 Å². The molecule has 2 fully saturated rings. The molecule has 0 amide bonds. The fraction of sp³-hybridized carbons (Fsp3) is 0.667. The summed E-state index contributed by atoms with van der Waals surface area (Å²) < 4.78 is 0.684. The quantitative estimate of drug-likeness (QED) is 0.715. The van der Waals surface area contributed by atoms with Gasteiger partial charge in [-0.3, -0.25) is 0 Å². The van der Waals surface area contributed by atoms with Crippen LogP contribution >= 0.6 is 10.0 Å². The average molecular weight is 276 g/mol.